The van der Waals surface area contributed by atoms with Gasteiger partial charge in [0.15, 0.2) is 11.6 Å². The number of hydrogen-bond donors (Lipinski definition) is 1. The lowest BCUT2D eigenvalue weighted by Crippen LogP contribution is -2.42. The molecule has 1 aromatic heterocycles. The second kappa shape index (κ2) is 12.3. The summed E-state index contributed by atoms with van der Waals surface area (Å²) in [6, 6.07) is 7.62. The summed E-state index contributed by atoms with van der Waals surface area (Å²) >= 11 is 0. The number of fused-ring (bicyclic) bond motifs is 1. The number of nitrogens with zero attached hydrogens (tertiary/aromatic N) is 3. The van der Waals surface area contributed by atoms with Gasteiger partial charge in [-0.1, -0.05) is 0 Å². The van der Waals surface area contributed by atoms with Crippen molar-refractivity contribution >= 4 is 16.6 Å². The van der Waals surface area contributed by atoms with Crippen LogP contribution in [-0.4, -0.2) is 62.4 Å². The minimum Gasteiger partial charge on any atom is -0.497 e. The molecule has 1 fully saturated rings. The summed E-state index contributed by atoms with van der Waals surface area (Å²) in [6.07, 6.45) is 7.36. The SMILES string of the molecule is COc1ccc2ncc(N(C)C)c(CCCC3(CO)CCN(CCCc4cc(F)cc(F)c4F)CC3)c2c1. The van der Waals surface area contributed by atoms with E-state index in [1.54, 1.807) is 7.11 Å². The average molecular weight is 530 g/mol. The molecule has 1 N–H and O–H groups in total. The van der Waals surface area contributed by atoms with Crippen LogP contribution in [0.4, 0.5) is 18.9 Å². The van der Waals surface area contributed by atoms with Gasteiger partial charge in [0.05, 0.1) is 24.5 Å². The first-order valence-corrected chi connectivity index (χ1v) is 13.3. The Morgan fingerprint density at radius 2 is 1.82 bits per heavy atom. The van der Waals surface area contributed by atoms with Crippen molar-refractivity contribution in [3.8, 4) is 5.75 Å². The monoisotopic (exact) mass is 529 g/mol. The zero-order valence-electron chi connectivity index (χ0n) is 22.6. The Labute approximate surface area is 223 Å². The molecule has 0 spiro atoms. The average Bonchev–Trinajstić information content (AvgIpc) is 2.91. The molecule has 0 atom stereocenters. The zero-order chi connectivity index (χ0) is 27.3. The molecule has 0 saturated carbocycles. The third kappa shape index (κ3) is 6.41. The van der Waals surface area contributed by atoms with Crippen LogP contribution in [0.1, 0.15) is 43.2 Å². The summed E-state index contributed by atoms with van der Waals surface area (Å²) < 4.78 is 46.3. The van der Waals surface area contributed by atoms with E-state index in [1.807, 2.05) is 32.4 Å². The lowest BCUT2D eigenvalue weighted by atomic mass is 9.75. The maximum absolute atomic E-state index is 13.9. The molecule has 5 nitrogen and oxygen atoms in total. The Kier molecular flexibility index (Phi) is 9.15. The Morgan fingerprint density at radius 1 is 1.05 bits per heavy atom. The number of pyridine rings is 1. The van der Waals surface area contributed by atoms with E-state index < -0.39 is 17.5 Å². The largest absolute Gasteiger partial charge is 0.497 e. The highest BCUT2D eigenvalue weighted by Crippen LogP contribution is 2.38. The molecule has 206 valence electrons. The predicted molar refractivity (Wildman–Crippen MR) is 145 cm³/mol. The fourth-order valence-corrected chi connectivity index (χ4v) is 5.65. The molecule has 0 aliphatic carbocycles. The normalized spacial score (nSPS) is 15.7. The van der Waals surface area contributed by atoms with Crippen molar-refractivity contribution in [2.24, 2.45) is 5.41 Å². The lowest BCUT2D eigenvalue weighted by Gasteiger charge is -2.41. The molecule has 1 saturated heterocycles. The topological polar surface area (TPSA) is 48.8 Å². The summed E-state index contributed by atoms with van der Waals surface area (Å²) in [6.45, 7) is 2.58. The number of piperidine rings is 1. The highest BCUT2D eigenvalue weighted by molar-refractivity contribution is 5.88. The van der Waals surface area contributed by atoms with Crippen molar-refractivity contribution in [2.75, 3.05) is 52.3 Å². The molecule has 0 radical (unpaired) electrons. The van der Waals surface area contributed by atoms with Crippen molar-refractivity contribution < 1.29 is 23.0 Å². The van der Waals surface area contributed by atoms with Crippen molar-refractivity contribution in [3.05, 3.63) is 65.1 Å². The number of halogens is 3. The number of anilines is 1. The van der Waals surface area contributed by atoms with Gasteiger partial charge >= 0.3 is 0 Å². The van der Waals surface area contributed by atoms with Gasteiger partial charge in [-0.05, 0) is 105 Å². The fourth-order valence-electron chi connectivity index (χ4n) is 5.65. The lowest BCUT2D eigenvalue weighted by molar-refractivity contribution is 0.0353. The molecule has 8 heteroatoms. The van der Waals surface area contributed by atoms with Crippen LogP contribution in [0.25, 0.3) is 10.9 Å². The predicted octanol–water partition coefficient (Wildman–Crippen LogP) is 5.76. The van der Waals surface area contributed by atoms with Crippen molar-refractivity contribution in [1.29, 1.82) is 0 Å². The van der Waals surface area contributed by atoms with Gasteiger partial charge in [-0.3, -0.25) is 4.98 Å². The summed E-state index contributed by atoms with van der Waals surface area (Å²) in [5, 5.41) is 11.4. The van der Waals surface area contributed by atoms with Gasteiger partial charge in [0, 0.05) is 32.2 Å². The number of methoxy groups -OCH3 is 1. The van der Waals surface area contributed by atoms with E-state index >= 15 is 0 Å². The molecule has 0 bridgehead atoms. The number of aromatic nitrogens is 1. The molecule has 4 rings (SSSR count). The second-order valence-corrected chi connectivity index (χ2v) is 10.7. The maximum Gasteiger partial charge on any atom is 0.162 e. The number of hydrogen-bond acceptors (Lipinski definition) is 5. The number of likely N-dealkylation sites (tertiary alicyclic amines) is 1. The van der Waals surface area contributed by atoms with E-state index in [-0.39, 0.29) is 17.6 Å². The van der Waals surface area contributed by atoms with Gasteiger partial charge < -0.3 is 19.6 Å². The van der Waals surface area contributed by atoms with Gasteiger partial charge in [-0.2, -0.15) is 0 Å². The van der Waals surface area contributed by atoms with Crippen LogP contribution >= 0.6 is 0 Å². The number of benzene rings is 2. The first-order valence-electron chi connectivity index (χ1n) is 13.3. The Balaban J connectivity index is 1.34. The number of aliphatic hydroxyl groups is 1. The first kappa shape index (κ1) is 28.2. The number of aliphatic hydroxyl groups excluding tert-OH is 1. The van der Waals surface area contributed by atoms with Crippen LogP contribution in [0, 0.1) is 22.9 Å². The van der Waals surface area contributed by atoms with Crippen LogP contribution in [0.5, 0.6) is 5.75 Å². The van der Waals surface area contributed by atoms with Crippen molar-refractivity contribution in [3.63, 3.8) is 0 Å². The highest BCUT2D eigenvalue weighted by atomic mass is 19.2. The van der Waals surface area contributed by atoms with Gasteiger partial charge in [0.1, 0.15) is 11.6 Å². The van der Waals surface area contributed by atoms with E-state index in [1.165, 1.54) is 5.56 Å². The summed E-state index contributed by atoms with van der Waals surface area (Å²) in [5.74, 6) is -2.04. The quantitative estimate of drug-likeness (QED) is 0.320. The molecule has 2 heterocycles. The molecule has 2 aromatic carbocycles. The van der Waals surface area contributed by atoms with Crippen LogP contribution in [-0.2, 0) is 12.8 Å². The van der Waals surface area contributed by atoms with E-state index in [9.17, 15) is 18.3 Å². The smallest absolute Gasteiger partial charge is 0.162 e. The Bertz CT molecular complexity index is 1240. The van der Waals surface area contributed by atoms with Gasteiger partial charge in [0.25, 0.3) is 0 Å². The third-order valence-corrected chi connectivity index (χ3v) is 8.02. The third-order valence-electron chi connectivity index (χ3n) is 8.02. The summed E-state index contributed by atoms with van der Waals surface area (Å²) in [7, 11) is 5.72. The van der Waals surface area contributed by atoms with Crippen LogP contribution in [0.15, 0.2) is 36.5 Å². The van der Waals surface area contributed by atoms with Crippen LogP contribution < -0.4 is 9.64 Å². The zero-order valence-corrected chi connectivity index (χ0v) is 22.6. The van der Waals surface area contributed by atoms with Gasteiger partial charge in [-0.15, -0.1) is 0 Å². The molecule has 3 aromatic rings. The molecule has 38 heavy (non-hydrogen) atoms. The first-order chi connectivity index (χ1) is 18.2. The fraction of sp³-hybridized carbons (Fsp3) is 0.500. The molecule has 0 unspecified atom stereocenters. The minimum absolute atomic E-state index is 0.0857. The van der Waals surface area contributed by atoms with Crippen molar-refractivity contribution in [1.82, 2.24) is 9.88 Å². The van der Waals surface area contributed by atoms with E-state index in [0.717, 1.165) is 80.1 Å². The molecule has 1 aliphatic rings. The van der Waals surface area contributed by atoms with Crippen molar-refractivity contribution in [2.45, 2.75) is 44.9 Å². The maximum atomic E-state index is 13.9. The van der Waals surface area contributed by atoms with Crippen LogP contribution in [0.3, 0.4) is 0 Å². The highest BCUT2D eigenvalue weighted by Gasteiger charge is 2.33. The standard InChI is InChI=1S/C30H38F3N3O2/c1-35(2)28-19-34-27-9-8-23(38-3)18-25(27)24(28)7-4-10-30(20-37)11-14-36(15-12-30)13-5-6-21-16-22(31)17-26(32)29(21)33/h8-9,16-19,37H,4-7,10-15,20H2,1-3H3. The van der Waals surface area contributed by atoms with E-state index in [4.69, 9.17) is 4.74 Å². The van der Waals surface area contributed by atoms with E-state index in [2.05, 4.69) is 20.9 Å². The molecular formula is C30H38F3N3O2. The number of ether oxygens (including phenoxy) is 1. The summed E-state index contributed by atoms with van der Waals surface area (Å²) in [4.78, 5) is 9.02. The Hall–Kier alpha value is -2.84. The Morgan fingerprint density at radius 3 is 2.50 bits per heavy atom. The molecular weight excluding hydrogens is 491 g/mol. The second-order valence-electron chi connectivity index (χ2n) is 10.7. The molecule has 0 amide bonds. The number of rotatable bonds is 11. The van der Waals surface area contributed by atoms with Gasteiger partial charge in [0.2, 0.25) is 0 Å². The minimum atomic E-state index is -1.14. The molecule has 1 aliphatic heterocycles. The van der Waals surface area contributed by atoms with E-state index in [0.29, 0.717) is 18.9 Å². The number of aryl methyl sites for hydroxylation is 2. The van der Waals surface area contributed by atoms with Gasteiger partial charge in [-0.25, -0.2) is 13.2 Å². The van der Waals surface area contributed by atoms with Crippen LogP contribution in [0.2, 0.25) is 0 Å². The summed E-state index contributed by atoms with van der Waals surface area (Å²) in [5.41, 5.74) is 3.24.